The summed E-state index contributed by atoms with van der Waals surface area (Å²) in [6.07, 6.45) is 2.63. The van der Waals surface area contributed by atoms with Crippen molar-refractivity contribution >= 4 is 64.1 Å². The van der Waals surface area contributed by atoms with Gasteiger partial charge in [-0.1, -0.05) is 47.5 Å². The topological polar surface area (TPSA) is 78.5 Å². The third-order valence-electron chi connectivity index (χ3n) is 6.43. The van der Waals surface area contributed by atoms with Crippen LogP contribution in [0.4, 0.5) is 11.4 Å². The second-order valence-corrected chi connectivity index (χ2v) is 9.70. The highest BCUT2D eigenvalue weighted by molar-refractivity contribution is 7.98. The fraction of sp³-hybridized carbons (Fsp3) is 0.318. The van der Waals surface area contributed by atoms with Crippen molar-refractivity contribution in [2.45, 2.75) is 18.0 Å². The number of imide groups is 1. The van der Waals surface area contributed by atoms with E-state index in [1.54, 1.807) is 36.0 Å². The molecule has 31 heavy (non-hydrogen) atoms. The van der Waals surface area contributed by atoms with E-state index in [0.29, 0.717) is 17.7 Å². The Kier molecular flexibility index (Phi) is 5.05. The molecule has 1 spiro atoms. The summed E-state index contributed by atoms with van der Waals surface area (Å²) in [4.78, 5) is 41.8. The number of carbonyl (C=O) groups is 3. The van der Waals surface area contributed by atoms with E-state index in [2.05, 4.69) is 10.6 Å². The molecule has 2 N–H and O–H groups in total. The Morgan fingerprint density at radius 2 is 1.84 bits per heavy atom. The molecule has 2 aromatic carbocycles. The van der Waals surface area contributed by atoms with Crippen molar-refractivity contribution in [2.24, 2.45) is 11.8 Å². The lowest BCUT2D eigenvalue weighted by Gasteiger charge is -2.29. The van der Waals surface area contributed by atoms with Crippen LogP contribution in [-0.2, 0) is 19.9 Å². The summed E-state index contributed by atoms with van der Waals surface area (Å²) < 4.78 is 0. The second-order valence-electron chi connectivity index (χ2n) is 7.93. The van der Waals surface area contributed by atoms with Gasteiger partial charge in [-0.15, -0.1) is 0 Å². The predicted molar refractivity (Wildman–Crippen MR) is 123 cm³/mol. The van der Waals surface area contributed by atoms with Crippen molar-refractivity contribution in [1.82, 2.24) is 5.32 Å². The number of fused-ring (bicyclic) bond motifs is 4. The standard InChI is InChI=1S/C22H19Cl2N3O3S/c1-31-10-9-14-16-17(22(26-14)11-5-2-3-7-13(11)25-21(22)30)20(29)27(19(16)28)15-8-4-6-12(23)18(15)24/h2-8,14,16-17,26H,9-10H2,1H3,(H,25,30)/t14-,16+,17-,22-/m0/s1. The Hall–Kier alpha value is -2.06. The van der Waals surface area contributed by atoms with Crippen LogP contribution in [0.5, 0.6) is 0 Å². The summed E-state index contributed by atoms with van der Waals surface area (Å²) in [5, 5.41) is 6.71. The molecule has 0 saturated carbocycles. The number of anilines is 2. The van der Waals surface area contributed by atoms with Gasteiger partial charge in [0.05, 0.1) is 27.6 Å². The van der Waals surface area contributed by atoms with Gasteiger partial charge >= 0.3 is 0 Å². The molecule has 6 nitrogen and oxygen atoms in total. The van der Waals surface area contributed by atoms with Gasteiger partial charge < -0.3 is 5.32 Å². The molecule has 0 aliphatic carbocycles. The zero-order chi connectivity index (χ0) is 21.9. The summed E-state index contributed by atoms with van der Waals surface area (Å²) in [6.45, 7) is 0. The number of carbonyl (C=O) groups excluding carboxylic acids is 3. The molecule has 0 bridgehead atoms. The van der Waals surface area contributed by atoms with Crippen LogP contribution in [0.1, 0.15) is 12.0 Å². The van der Waals surface area contributed by atoms with E-state index in [0.717, 1.165) is 10.7 Å². The molecular formula is C22H19Cl2N3O3S. The molecule has 2 fully saturated rings. The van der Waals surface area contributed by atoms with Crippen molar-refractivity contribution in [2.75, 3.05) is 22.2 Å². The first-order valence-electron chi connectivity index (χ1n) is 9.91. The summed E-state index contributed by atoms with van der Waals surface area (Å²) in [7, 11) is 0. The van der Waals surface area contributed by atoms with E-state index in [1.807, 2.05) is 24.5 Å². The predicted octanol–water partition coefficient (Wildman–Crippen LogP) is 3.67. The first-order chi connectivity index (χ1) is 14.9. The number of hydrogen-bond donors (Lipinski definition) is 2. The molecule has 3 aliphatic heterocycles. The van der Waals surface area contributed by atoms with Crippen LogP contribution >= 0.6 is 35.0 Å². The number of nitrogens with one attached hydrogen (secondary N) is 2. The summed E-state index contributed by atoms with van der Waals surface area (Å²) in [6, 6.07) is 11.8. The maximum Gasteiger partial charge on any atom is 0.250 e. The minimum Gasteiger partial charge on any atom is -0.324 e. The third kappa shape index (κ3) is 2.80. The number of para-hydroxylation sites is 1. The smallest absolute Gasteiger partial charge is 0.250 e. The largest absolute Gasteiger partial charge is 0.324 e. The molecule has 4 atom stereocenters. The Morgan fingerprint density at radius 1 is 1.06 bits per heavy atom. The maximum atomic E-state index is 13.8. The maximum absolute atomic E-state index is 13.8. The van der Waals surface area contributed by atoms with Crippen LogP contribution in [0.2, 0.25) is 10.0 Å². The number of nitrogens with zero attached hydrogens (tertiary/aromatic N) is 1. The van der Waals surface area contributed by atoms with Gasteiger partial charge in [-0.25, -0.2) is 4.90 Å². The van der Waals surface area contributed by atoms with Gasteiger partial charge in [-0.05, 0) is 36.6 Å². The molecule has 3 amide bonds. The molecule has 160 valence electrons. The first kappa shape index (κ1) is 20.8. The molecule has 9 heteroatoms. The van der Waals surface area contributed by atoms with E-state index in [1.165, 1.54) is 0 Å². The molecular weight excluding hydrogens is 457 g/mol. The highest BCUT2D eigenvalue weighted by atomic mass is 35.5. The second kappa shape index (κ2) is 7.52. The fourth-order valence-electron chi connectivity index (χ4n) is 5.15. The monoisotopic (exact) mass is 475 g/mol. The van der Waals surface area contributed by atoms with Crippen LogP contribution in [-0.4, -0.2) is 35.8 Å². The van der Waals surface area contributed by atoms with Crippen molar-refractivity contribution < 1.29 is 14.4 Å². The molecule has 0 radical (unpaired) electrons. The Labute approximate surface area is 193 Å². The lowest BCUT2D eigenvalue weighted by Crippen LogP contribution is -2.53. The normalized spacial score (nSPS) is 28.9. The first-order valence-corrected chi connectivity index (χ1v) is 12.1. The van der Waals surface area contributed by atoms with E-state index >= 15 is 0 Å². The molecule has 0 aromatic heterocycles. The van der Waals surface area contributed by atoms with Gasteiger partial charge in [-0.2, -0.15) is 11.8 Å². The quantitative estimate of drug-likeness (QED) is 0.659. The van der Waals surface area contributed by atoms with Crippen molar-refractivity contribution in [3.05, 3.63) is 58.1 Å². The molecule has 5 rings (SSSR count). The summed E-state index contributed by atoms with van der Waals surface area (Å²) >= 11 is 14.2. The van der Waals surface area contributed by atoms with Gasteiger partial charge in [0.1, 0.15) is 5.54 Å². The highest BCUT2D eigenvalue weighted by Crippen LogP contribution is 2.54. The number of halogens is 2. The molecule has 2 saturated heterocycles. The molecule has 2 aromatic rings. The van der Waals surface area contributed by atoms with Crippen LogP contribution < -0.4 is 15.5 Å². The van der Waals surface area contributed by atoms with Gasteiger partial charge in [-0.3, -0.25) is 19.7 Å². The van der Waals surface area contributed by atoms with Crippen molar-refractivity contribution in [3.8, 4) is 0 Å². The van der Waals surface area contributed by atoms with Crippen LogP contribution in [0.25, 0.3) is 0 Å². The Balaban J connectivity index is 1.67. The molecule has 0 unspecified atom stereocenters. The van der Waals surface area contributed by atoms with Gasteiger partial charge in [0, 0.05) is 17.3 Å². The van der Waals surface area contributed by atoms with Crippen LogP contribution in [0, 0.1) is 11.8 Å². The number of rotatable bonds is 4. The lowest BCUT2D eigenvalue weighted by atomic mass is 9.76. The minimum atomic E-state index is -1.29. The number of benzene rings is 2. The zero-order valence-corrected chi connectivity index (χ0v) is 18.9. The number of amides is 3. The van der Waals surface area contributed by atoms with Crippen molar-refractivity contribution in [1.29, 1.82) is 0 Å². The summed E-state index contributed by atoms with van der Waals surface area (Å²) in [5.41, 5.74) is 0.311. The van der Waals surface area contributed by atoms with Gasteiger partial charge in [0.2, 0.25) is 17.7 Å². The highest BCUT2D eigenvalue weighted by Gasteiger charge is 2.70. The van der Waals surface area contributed by atoms with Gasteiger partial charge in [0.25, 0.3) is 0 Å². The number of hydrogen-bond acceptors (Lipinski definition) is 5. The SMILES string of the molecule is CSCC[C@@H]1N[C@]2(C(=O)Nc3ccccc32)[C@@H]2C(=O)N(c3cccc(Cl)c3Cl)C(=O)[C@H]12. The van der Waals surface area contributed by atoms with E-state index in [9.17, 15) is 14.4 Å². The van der Waals surface area contributed by atoms with Gasteiger partial charge in [0.15, 0.2) is 0 Å². The van der Waals surface area contributed by atoms with E-state index in [4.69, 9.17) is 23.2 Å². The Bertz CT molecular complexity index is 1130. The molecule has 3 aliphatic rings. The summed E-state index contributed by atoms with van der Waals surface area (Å²) in [5.74, 6) is -1.86. The fourth-order valence-corrected chi connectivity index (χ4v) is 6.02. The van der Waals surface area contributed by atoms with E-state index < -0.39 is 23.3 Å². The van der Waals surface area contributed by atoms with E-state index in [-0.39, 0.29) is 33.6 Å². The molecule has 3 heterocycles. The van der Waals surface area contributed by atoms with Crippen molar-refractivity contribution in [3.63, 3.8) is 0 Å². The van der Waals surface area contributed by atoms with Crippen LogP contribution in [0.15, 0.2) is 42.5 Å². The zero-order valence-electron chi connectivity index (χ0n) is 16.5. The minimum absolute atomic E-state index is 0.143. The Morgan fingerprint density at radius 3 is 2.61 bits per heavy atom. The lowest BCUT2D eigenvalue weighted by molar-refractivity contribution is -0.130. The average molecular weight is 476 g/mol. The number of thioether (sulfide) groups is 1. The average Bonchev–Trinajstić information content (AvgIpc) is 3.34. The third-order valence-corrected chi connectivity index (χ3v) is 7.88. The van der Waals surface area contributed by atoms with Crippen LogP contribution in [0.3, 0.4) is 0 Å².